The molecule has 1 nitrogen and oxygen atoms in total. The highest BCUT2D eigenvalue weighted by Crippen LogP contribution is 2.32. The normalized spacial score (nSPS) is 25.8. The Morgan fingerprint density at radius 3 is 2.67 bits per heavy atom. The van der Waals surface area contributed by atoms with E-state index in [-0.39, 0.29) is 5.92 Å². The van der Waals surface area contributed by atoms with Crippen molar-refractivity contribution in [1.82, 2.24) is 0 Å². The van der Waals surface area contributed by atoms with E-state index in [0.717, 1.165) is 19.1 Å². The Bertz CT molecular complexity index is 364. The van der Waals surface area contributed by atoms with Crippen molar-refractivity contribution >= 4 is 11.9 Å². The van der Waals surface area contributed by atoms with Crippen molar-refractivity contribution < 1.29 is 4.79 Å². The highest BCUT2D eigenvalue weighted by molar-refractivity contribution is 5.71. The second-order valence-electron chi connectivity index (χ2n) is 4.40. The molecule has 1 aliphatic rings. The van der Waals surface area contributed by atoms with Gasteiger partial charge in [0, 0.05) is 5.92 Å². The minimum absolute atomic E-state index is 0.115. The van der Waals surface area contributed by atoms with Gasteiger partial charge in [-0.3, -0.25) is 0 Å². The van der Waals surface area contributed by atoms with Crippen molar-refractivity contribution in [3.8, 4) is 0 Å². The molecule has 0 saturated heterocycles. The lowest BCUT2D eigenvalue weighted by atomic mass is 9.81. The van der Waals surface area contributed by atoms with E-state index in [0.29, 0.717) is 5.92 Å². The quantitative estimate of drug-likeness (QED) is 0.669. The second kappa shape index (κ2) is 4.43. The van der Waals surface area contributed by atoms with Crippen LogP contribution in [0, 0.1) is 11.8 Å². The molecule has 0 aromatic heterocycles. The Hall–Kier alpha value is -1.37. The average Bonchev–Trinajstić information content (AvgIpc) is 2.29. The van der Waals surface area contributed by atoms with E-state index < -0.39 is 0 Å². The van der Waals surface area contributed by atoms with E-state index in [9.17, 15) is 4.79 Å². The van der Waals surface area contributed by atoms with Gasteiger partial charge >= 0.3 is 0 Å². The molecular weight excluding hydrogens is 184 g/mol. The minimum Gasteiger partial charge on any atom is -0.303 e. The van der Waals surface area contributed by atoms with Gasteiger partial charge in [0.05, 0.1) is 0 Å². The highest BCUT2D eigenvalue weighted by Gasteiger charge is 2.19. The van der Waals surface area contributed by atoms with Crippen LogP contribution < -0.4 is 0 Å². The highest BCUT2D eigenvalue weighted by atomic mass is 16.1. The van der Waals surface area contributed by atoms with Crippen molar-refractivity contribution in [2.45, 2.75) is 19.8 Å². The molecule has 0 aliphatic heterocycles. The van der Waals surface area contributed by atoms with Gasteiger partial charge in [-0.2, -0.15) is 0 Å². The van der Waals surface area contributed by atoms with Crippen molar-refractivity contribution in [3.05, 3.63) is 42.0 Å². The fourth-order valence-corrected chi connectivity index (χ4v) is 2.28. The number of hydrogen-bond acceptors (Lipinski definition) is 1. The summed E-state index contributed by atoms with van der Waals surface area (Å²) in [7, 11) is 0. The van der Waals surface area contributed by atoms with Crippen LogP contribution in [0.3, 0.4) is 0 Å². The zero-order valence-corrected chi connectivity index (χ0v) is 9.02. The SMILES string of the molecule is CC1CC(c2ccccc2)=CC(C=O)C1. The molecule has 0 spiro atoms. The van der Waals surface area contributed by atoms with E-state index in [1.54, 1.807) is 0 Å². The zero-order valence-electron chi connectivity index (χ0n) is 9.02. The molecule has 0 fully saturated rings. The van der Waals surface area contributed by atoms with Crippen LogP contribution in [0.5, 0.6) is 0 Å². The molecule has 0 saturated carbocycles. The van der Waals surface area contributed by atoms with E-state index in [1.165, 1.54) is 11.1 Å². The molecule has 1 heteroatoms. The fraction of sp³-hybridized carbons (Fsp3) is 0.357. The summed E-state index contributed by atoms with van der Waals surface area (Å²) < 4.78 is 0. The summed E-state index contributed by atoms with van der Waals surface area (Å²) in [5.41, 5.74) is 2.59. The van der Waals surface area contributed by atoms with E-state index >= 15 is 0 Å². The topological polar surface area (TPSA) is 17.1 Å². The Morgan fingerprint density at radius 1 is 1.27 bits per heavy atom. The lowest BCUT2D eigenvalue weighted by Crippen LogP contribution is -2.12. The molecule has 1 aromatic rings. The molecule has 1 aliphatic carbocycles. The summed E-state index contributed by atoms with van der Waals surface area (Å²) >= 11 is 0. The van der Waals surface area contributed by atoms with Gasteiger partial charge in [0.25, 0.3) is 0 Å². The monoisotopic (exact) mass is 200 g/mol. The van der Waals surface area contributed by atoms with Crippen molar-refractivity contribution in [2.75, 3.05) is 0 Å². The molecule has 0 bridgehead atoms. The first-order chi connectivity index (χ1) is 7.29. The molecule has 2 unspecified atom stereocenters. The Balaban J connectivity index is 2.28. The van der Waals surface area contributed by atoms with Crippen LogP contribution >= 0.6 is 0 Å². The van der Waals surface area contributed by atoms with Crippen molar-refractivity contribution in [1.29, 1.82) is 0 Å². The van der Waals surface area contributed by atoms with Crippen LogP contribution in [0.2, 0.25) is 0 Å². The number of benzene rings is 1. The van der Waals surface area contributed by atoms with Gasteiger partial charge < -0.3 is 4.79 Å². The first-order valence-electron chi connectivity index (χ1n) is 5.51. The number of allylic oxidation sites excluding steroid dienone is 2. The lowest BCUT2D eigenvalue weighted by molar-refractivity contribution is -0.110. The van der Waals surface area contributed by atoms with Crippen LogP contribution in [0.15, 0.2) is 36.4 Å². The van der Waals surface area contributed by atoms with Crippen LogP contribution in [-0.2, 0) is 4.79 Å². The summed E-state index contributed by atoms with van der Waals surface area (Å²) in [6, 6.07) is 10.3. The van der Waals surface area contributed by atoms with Crippen LogP contribution in [0.4, 0.5) is 0 Å². The first-order valence-corrected chi connectivity index (χ1v) is 5.51. The van der Waals surface area contributed by atoms with Gasteiger partial charge in [-0.15, -0.1) is 0 Å². The summed E-state index contributed by atoms with van der Waals surface area (Å²) in [5.74, 6) is 0.726. The number of rotatable bonds is 2. The maximum atomic E-state index is 10.8. The van der Waals surface area contributed by atoms with Crippen LogP contribution in [0.25, 0.3) is 5.57 Å². The van der Waals surface area contributed by atoms with E-state index in [2.05, 4.69) is 25.1 Å². The third-order valence-electron chi connectivity index (χ3n) is 2.98. The number of carbonyl (C=O) groups excluding carboxylic acids is 1. The zero-order chi connectivity index (χ0) is 10.7. The fourth-order valence-electron chi connectivity index (χ4n) is 2.28. The molecule has 2 rings (SSSR count). The smallest absolute Gasteiger partial charge is 0.126 e. The largest absolute Gasteiger partial charge is 0.303 e. The second-order valence-corrected chi connectivity index (χ2v) is 4.40. The van der Waals surface area contributed by atoms with Gasteiger partial charge in [0.1, 0.15) is 6.29 Å². The standard InChI is InChI=1S/C14H16O/c1-11-7-12(10-15)9-14(8-11)13-5-3-2-4-6-13/h2-6,9-12H,7-8H2,1H3. The molecule has 0 amide bonds. The van der Waals surface area contributed by atoms with Crippen molar-refractivity contribution in [2.24, 2.45) is 11.8 Å². The summed E-state index contributed by atoms with van der Waals surface area (Å²) in [6.45, 7) is 2.21. The maximum Gasteiger partial charge on any atom is 0.126 e. The summed E-state index contributed by atoms with van der Waals surface area (Å²) in [6.07, 6.45) is 5.29. The molecule has 78 valence electrons. The number of aldehydes is 1. The molecule has 0 radical (unpaired) electrons. The predicted octanol–water partition coefficient (Wildman–Crippen LogP) is 3.32. The van der Waals surface area contributed by atoms with Gasteiger partial charge in [0.2, 0.25) is 0 Å². The molecule has 15 heavy (non-hydrogen) atoms. The Labute approximate surface area is 90.8 Å². The van der Waals surface area contributed by atoms with Gasteiger partial charge in [-0.1, -0.05) is 43.3 Å². The number of carbonyl (C=O) groups is 1. The Morgan fingerprint density at radius 2 is 2.00 bits per heavy atom. The van der Waals surface area contributed by atoms with Crippen LogP contribution in [-0.4, -0.2) is 6.29 Å². The third kappa shape index (κ3) is 2.35. The number of hydrogen-bond donors (Lipinski definition) is 0. The maximum absolute atomic E-state index is 10.8. The molecule has 2 atom stereocenters. The van der Waals surface area contributed by atoms with Gasteiger partial charge in [-0.05, 0) is 29.9 Å². The molecule has 0 heterocycles. The minimum atomic E-state index is 0.115. The van der Waals surface area contributed by atoms with Crippen LogP contribution in [0.1, 0.15) is 25.3 Å². The average molecular weight is 200 g/mol. The Kier molecular flexibility index (Phi) is 3.00. The molecule has 0 N–H and O–H groups in total. The first kappa shape index (κ1) is 10.2. The molecular formula is C14H16O. The summed E-state index contributed by atoms with van der Waals surface area (Å²) in [4.78, 5) is 10.8. The predicted molar refractivity (Wildman–Crippen MR) is 62.4 cm³/mol. The summed E-state index contributed by atoms with van der Waals surface area (Å²) in [5, 5.41) is 0. The van der Waals surface area contributed by atoms with Crippen molar-refractivity contribution in [3.63, 3.8) is 0 Å². The molecule has 1 aromatic carbocycles. The van der Waals surface area contributed by atoms with Gasteiger partial charge in [-0.25, -0.2) is 0 Å². The van der Waals surface area contributed by atoms with Gasteiger partial charge in [0.15, 0.2) is 0 Å². The van der Waals surface area contributed by atoms with E-state index in [4.69, 9.17) is 0 Å². The van der Waals surface area contributed by atoms with E-state index in [1.807, 2.05) is 18.2 Å². The third-order valence-corrected chi connectivity index (χ3v) is 2.98. The lowest BCUT2D eigenvalue weighted by Gasteiger charge is -2.23.